The first-order chi connectivity index (χ1) is 9.60. The molecule has 1 saturated heterocycles. The van der Waals surface area contributed by atoms with Crippen LogP contribution in [-0.4, -0.2) is 31.1 Å². The highest BCUT2D eigenvalue weighted by Crippen LogP contribution is 2.34. The zero-order valence-corrected chi connectivity index (χ0v) is 12.4. The Balaban J connectivity index is 2.04. The third-order valence-corrected chi connectivity index (χ3v) is 4.23. The Morgan fingerprint density at radius 1 is 1.60 bits per heavy atom. The predicted octanol–water partition coefficient (Wildman–Crippen LogP) is 1.34. The average Bonchev–Trinajstić information content (AvgIpc) is 2.96. The minimum Gasteiger partial charge on any atom is -0.481 e. The van der Waals surface area contributed by atoms with Gasteiger partial charge in [0.05, 0.1) is 12.5 Å². The maximum Gasteiger partial charge on any atom is 0.228 e. The van der Waals surface area contributed by atoms with E-state index in [-0.39, 0.29) is 11.3 Å². The summed E-state index contributed by atoms with van der Waals surface area (Å²) in [5.41, 5.74) is 0.600. The number of rotatable bonds is 5. The molecule has 20 heavy (non-hydrogen) atoms. The van der Waals surface area contributed by atoms with Crippen LogP contribution in [0, 0.1) is 11.3 Å². The van der Waals surface area contributed by atoms with Crippen LogP contribution in [0.4, 0.5) is 0 Å². The molecule has 5 nitrogen and oxygen atoms in total. The van der Waals surface area contributed by atoms with Gasteiger partial charge in [0.15, 0.2) is 0 Å². The first-order valence-electron chi connectivity index (χ1n) is 7.07. The molecule has 1 fully saturated rings. The summed E-state index contributed by atoms with van der Waals surface area (Å²) in [6.45, 7) is 6.32. The van der Waals surface area contributed by atoms with Gasteiger partial charge in [-0.25, -0.2) is 4.98 Å². The number of nitrogens with one attached hydrogen (secondary N) is 2. The maximum absolute atomic E-state index is 12.6. The predicted molar refractivity (Wildman–Crippen MR) is 77.4 cm³/mol. The molecule has 2 heterocycles. The Bertz CT molecular complexity index is 468. The summed E-state index contributed by atoms with van der Waals surface area (Å²) in [6, 6.07) is 3.76. The highest BCUT2D eigenvalue weighted by Gasteiger charge is 2.43. The van der Waals surface area contributed by atoms with Crippen LogP contribution >= 0.6 is 0 Å². The van der Waals surface area contributed by atoms with Crippen molar-refractivity contribution >= 4 is 5.91 Å². The van der Waals surface area contributed by atoms with E-state index in [9.17, 15) is 4.79 Å². The van der Waals surface area contributed by atoms with E-state index >= 15 is 0 Å². The Kier molecular flexibility index (Phi) is 4.60. The van der Waals surface area contributed by atoms with Crippen LogP contribution in [0.1, 0.15) is 25.8 Å². The van der Waals surface area contributed by atoms with Gasteiger partial charge in [-0.3, -0.25) is 4.79 Å². The Morgan fingerprint density at radius 2 is 2.40 bits per heavy atom. The van der Waals surface area contributed by atoms with Crippen LogP contribution in [0.2, 0.25) is 0 Å². The summed E-state index contributed by atoms with van der Waals surface area (Å²) < 4.78 is 5.20. The van der Waals surface area contributed by atoms with E-state index in [4.69, 9.17) is 4.74 Å². The van der Waals surface area contributed by atoms with Crippen molar-refractivity contribution in [1.29, 1.82) is 0 Å². The second-order valence-corrected chi connectivity index (χ2v) is 5.59. The van der Waals surface area contributed by atoms with Crippen molar-refractivity contribution in [3.05, 3.63) is 23.9 Å². The summed E-state index contributed by atoms with van der Waals surface area (Å²) in [5, 5.41) is 6.34. The SMILES string of the molecule is COc1ncccc1CNC(=O)C1(C(C)C)CCNC1. The lowest BCUT2D eigenvalue weighted by molar-refractivity contribution is -0.132. The van der Waals surface area contributed by atoms with Crippen LogP contribution in [0.5, 0.6) is 5.88 Å². The average molecular weight is 277 g/mol. The lowest BCUT2D eigenvalue weighted by Crippen LogP contribution is -2.45. The number of hydrogen-bond acceptors (Lipinski definition) is 4. The standard InChI is InChI=1S/C15H23N3O2/c1-11(2)15(6-8-16-10-15)14(19)18-9-12-5-4-7-17-13(12)20-3/h4-5,7,11,16H,6,8-10H2,1-3H3,(H,18,19). The second kappa shape index (κ2) is 6.22. The minimum atomic E-state index is -0.296. The van der Waals surface area contributed by atoms with Crippen LogP contribution < -0.4 is 15.4 Å². The van der Waals surface area contributed by atoms with Gasteiger partial charge in [0.2, 0.25) is 11.8 Å². The van der Waals surface area contributed by atoms with Crippen molar-refractivity contribution in [3.63, 3.8) is 0 Å². The molecule has 0 radical (unpaired) electrons. The van der Waals surface area contributed by atoms with Gasteiger partial charge in [-0.1, -0.05) is 19.9 Å². The fourth-order valence-corrected chi connectivity index (χ4v) is 2.75. The van der Waals surface area contributed by atoms with Gasteiger partial charge in [0.1, 0.15) is 0 Å². The molecule has 1 atom stereocenters. The number of hydrogen-bond donors (Lipinski definition) is 2. The molecule has 2 N–H and O–H groups in total. The van der Waals surface area contributed by atoms with Gasteiger partial charge in [0, 0.05) is 24.8 Å². The van der Waals surface area contributed by atoms with Crippen molar-refractivity contribution in [2.45, 2.75) is 26.8 Å². The zero-order valence-electron chi connectivity index (χ0n) is 12.4. The molecule has 1 unspecified atom stereocenters. The number of nitrogens with zero attached hydrogens (tertiary/aromatic N) is 1. The van der Waals surface area contributed by atoms with Gasteiger partial charge in [-0.15, -0.1) is 0 Å². The molecule has 0 aromatic carbocycles. The van der Waals surface area contributed by atoms with Crippen LogP contribution in [-0.2, 0) is 11.3 Å². The summed E-state index contributed by atoms with van der Waals surface area (Å²) in [7, 11) is 1.59. The lowest BCUT2D eigenvalue weighted by Gasteiger charge is -2.31. The van der Waals surface area contributed by atoms with Crippen molar-refractivity contribution in [1.82, 2.24) is 15.6 Å². The van der Waals surface area contributed by atoms with E-state index in [0.29, 0.717) is 18.3 Å². The first-order valence-corrected chi connectivity index (χ1v) is 7.07. The van der Waals surface area contributed by atoms with Crippen molar-refractivity contribution < 1.29 is 9.53 Å². The number of amides is 1. The molecule has 1 amide bonds. The number of carbonyl (C=O) groups excluding carboxylic acids is 1. The fraction of sp³-hybridized carbons (Fsp3) is 0.600. The number of pyridine rings is 1. The highest BCUT2D eigenvalue weighted by molar-refractivity contribution is 5.83. The molecular formula is C15H23N3O2. The van der Waals surface area contributed by atoms with Crippen molar-refractivity contribution in [2.75, 3.05) is 20.2 Å². The Morgan fingerprint density at radius 3 is 3.00 bits per heavy atom. The van der Waals surface area contributed by atoms with E-state index in [1.54, 1.807) is 13.3 Å². The molecule has 0 bridgehead atoms. The number of carbonyl (C=O) groups is 1. The second-order valence-electron chi connectivity index (χ2n) is 5.59. The summed E-state index contributed by atoms with van der Waals surface area (Å²) >= 11 is 0. The van der Waals surface area contributed by atoms with Crippen LogP contribution in [0.15, 0.2) is 18.3 Å². The molecule has 0 spiro atoms. The normalized spacial score (nSPS) is 22.0. The van der Waals surface area contributed by atoms with Gasteiger partial charge in [-0.2, -0.15) is 0 Å². The van der Waals surface area contributed by atoms with Gasteiger partial charge >= 0.3 is 0 Å². The Hall–Kier alpha value is -1.62. The minimum absolute atomic E-state index is 0.114. The largest absolute Gasteiger partial charge is 0.481 e. The van der Waals surface area contributed by atoms with E-state index < -0.39 is 0 Å². The van der Waals surface area contributed by atoms with Crippen LogP contribution in [0.3, 0.4) is 0 Å². The van der Waals surface area contributed by atoms with E-state index in [1.165, 1.54) is 0 Å². The summed E-state index contributed by atoms with van der Waals surface area (Å²) in [6.07, 6.45) is 2.57. The van der Waals surface area contributed by atoms with Crippen molar-refractivity contribution in [2.24, 2.45) is 11.3 Å². The molecule has 1 aliphatic rings. The molecule has 1 aliphatic heterocycles. The molecule has 1 aromatic heterocycles. The molecule has 1 aromatic rings. The molecule has 110 valence electrons. The quantitative estimate of drug-likeness (QED) is 0.852. The summed E-state index contributed by atoms with van der Waals surface area (Å²) in [5.74, 6) is 0.993. The highest BCUT2D eigenvalue weighted by atomic mass is 16.5. The van der Waals surface area contributed by atoms with E-state index in [1.807, 2.05) is 12.1 Å². The fourth-order valence-electron chi connectivity index (χ4n) is 2.75. The van der Waals surface area contributed by atoms with Gasteiger partial charge < -0.3 is 15.4 Å². The molecule has 0 saturated carbocycles. The third kappa shape index (κ3) is 2.77. The zero-order chi connectivity index (χ0) is 14.6. The monoisotopic (exact) mass is 277 g/mol. The van der Waals surface area contributed by atoms with Crippen LogP contribution in [0.25, 0.3) is 0 Å². The number of methoxy groups -OCH3 is 1. The van der Waals surface area contributed by atoms with Gasteiger partial charge in [-0.05, 0) is 24.9 Å². The van der Waals surface area contributed by atoms with Crippen molar-refractivity contribution in [3.8, 4) is 5.88 Å². The maximum atomic E-state index is 12.6. The lowest BCUT2D eigenvalue weighted by atomic mass is 9.75. The molecular weight excluding hydrogens is 254 g/mol. The molecule has 2 rings (SSSR count). The number of ether oxygens (including phenoxy) is 1. The Labute approximate surface area is 120 Å². The molecule has 5 heteroatoms. The smallest absolute Gasteiger partial charge is 0.228 e. The third-order valence-electron chi connectivity index (χ3n) is 4.23. The van der Waals surface area contributed by atoms with E-state index in [2.05, 4.69) is 29.5 Å². The topological polar surface area (TPSA) is 63.2 Å². The number of aromatic nitrogens is 1. The first kappa shape index (κ1) is 14.8. The van der Waals surface area contributed by atoms with E-state index in [0.717, 1.165) is 25.1 Å². The summed E-state index contributed by atoms with van der Waals surface area (Å²) in [4.78, 5) is 16.7. The molecule has 0 aliphatic carbocycles. The van der Waals surface area contributed by atoms with Gasteiger partial charge in [0.25, 0.3) is 0 Å².